The lowest BCUT2D eigenvalue weighted by atomic mass is 10.0. The van der Waals surface area contributed by atoms with Crippen LogP contribution in [-0.4, -0.2) is 15.1 Å². The maximum absolute atomic E-state index is 10.0. The molecule has 0 saturated heterocycles. The van der Waals surface area contributed by atoms with Gasteiger partial charge in [0.05, 0.1) is 5.69 Å². The van der Waals surface area contributed by atoms with E-state index in [0.717, 1.165) is 22.5 Å². The first-order valence-corrected chi connectivity index (χ1v) is 6.02. The van der Waals surface area contributed by atoms with Crippen molar-refractivity contribution in [2.45, 2.75) is 33.3 Å². The molecule has 18 heavy (non-hydrogen) atoms. The minimum Gasteiger partial charge on any atom is -0.382 e. The van der Waals surface area contributed by atoms with Crippen molar-refractivity contribution in [3.63, 3.8) is 0 Å². The highest BCUT2D eigenvalue weighted by Gasteiger charge is 2.21. The van der Waals surface area contributed by atoms with Crippen LogP contribution in [0.2, 0.25) is 0 Å². The van der Waals surface area contributed by atoms with Crippen LogP contribution >= 0.6 is 0 Å². The van der Waals surface area contributed by atoms with Gasteiger partial charge in [-0.15, -0.1) is 0 Å². The Morgan fingerprint density at radius 2 is 1.72 bits per heavy atom. The van der Waals surface area contributed by atoms with Crippen LogP contribution in [0, 0.1) is 13.8 Å². The van der Waals surface area contributed by atoms with E-state index in [4.69, 9.17) is 0 Å². The number of aromatic nitrogens is 2. The molecular formula is C15H18N2O. The molecule has 0 atom stereocenters. The molecule has 0 aliphatic heterocycles. The van der Waals surface area contributed by atoms with Crippen LogP contribution in [0.1, 0.15) is 30.9 Å². The van der Waals surface area contributed by atoms with Crippen molar-refractivity contribution in [2.75, 3.05) is 0 Å². The van der Waals surface area contributed by atoms with Gasteiger partial charge in [0.1, 0.15) is 5.60 Å². The molecule has 2 rings (SSSR count). The van der Waals surface area contributed by atoms with Crippen molar-refractivity contribution in [3.05, 3.63) is 47.4 Å². The normalized spacial score (nSPS) is 11.6. The van der Waals surface area contributed by atoms with E-state index in [1.807, 2.05) is 31.2 Å². The summed E-state index contributed by atoms with van der Waals surface area (Å²) in [6.07, 6.45) is 0. The van der Waals surface area contributed by atoms with E-state index in [1.165, 1.54) is 0 Å². The zero-order valence-electron chi connectivity index (χ0n) is 11.2. The molecule has 0 fully saturated rings. The molecule has 3 heteroatoms. The Bertz CT molecular complexity index is 571. The highest BCUT2D eigenvalue weighted by Crippen LogP contribution is 2.24. The molecule has 0 aliphatic carbocycles. The summed E-state index contributed by atoms with van der Waals surface area (Å²) >= 11 is 0. The second-order valence-corrected chi connectivity index (χ2v) is 5.09. The van der Waals surface area contributed by atoms with Crippen molar-refractivity contribution in [3.8, 4) is 11.3 Å². The Kier molecular flexibility index (Phi) is 3.18. The maximum Gasteiger partial charge on any atom is 0.160 e. The molecule has 0 radical (unpaired) electrons. The van der Waals surface area contributed by atoms with Gasteiger partial charge in [-0.05, 0) is 39.3 Å². The predicted octanol–water partition coefficient (Wildman–Crippen LogP) is 2.99. The van der Waals surface area contributed by atoms with E-state index in [1.54, 1.807) is 13.8 Å². The molecule has 0 spiro atoms. The lowest BCUT2D eigenvalue weighted by molar-refractivity contribution is 0.0686. The number of nitrogens with zero attached hydrogens (tertiary/aromatic N) is 2. The number of aliphatic hydroxyl groups is 1. The monoisotopic (exact) mass is 242 g/mol. The first-order chi connectivity index (χ1) is 8.38. The maximum atomic E-state index is 10.0. The van der Waals surface area contributed by atoms with Gasteiger partial charge in [-0.25, -0.2) is 9.97 Å². The fourth-order valence-electron chi connectivity index (χ4n) is 1.84. The van der Waals surface area contributed by atoms with Crippen LogP contribution < -0.4 is 0 Å². The molecule has 1 heterocycles. The lowest BCUT2D eigenvalue weighted by Gasteiger charge is -2.17. The summed E-state index contributed by atoms with van der Waals surface area (Å²) in [6, 6.07) is 10.0. The number of hydrogen-bond donors (Lipinski definition) is 1. The Morgan fingerprint density at radius 1 is 1.06 bits per heavy atom. The van der Waals surface area contributed by atoms with Crippen LogP contribution in [0.5, 0.6) is 0 Å². The van der Waals surface area contributed by atoms with Crippen molar-refractivity contribution in [1.82, 2.24) is 9.97 Å². The highest BCUT2D eigenvalue weighted by atomic mass is 16.3. The molecule has 1 N–H and O–H groups in total. The molecule has 0 unspecified atom stereocenters. The van der Waals surface area contributed by atoms with Crippen LogP contribution in [0.3, 0.4) is 0 Å². The Morgan fingerprint density at radius 3 is 2.33 bits per heavy atom. The fourth-order valence-corrected chi connectivity index (χ4v) is 1.84. The van der Waals surface area contributed by atoms with Crippen molar-refractivity contribution in [1.29, 1.82) is 0 Å². The van der Waals surface area contributed by atoms with Gasteiger partial charge in [0.2, 0.25) is 0 Å². The molecule has 94 valence electrons. The van der Waals surface area contributed by atoms with E-state index in [-0.39, 0.29) is 0 Å². The average molecular weight is 242 g/mol. The minimum atomic E-state index is -1.02. The largest absolute Gasteiger partial charge is 0.382 e. The van der Waals surface area contributed by atoms with Gasteiger partial charge in [-0.2, -0.15) is 0 Å². The summed E-state index contributed by atoms with van der Waals surface area (Å²) in [5, 5.41) is 10.0. The molecule has 0 aliphatic rings. The van der Waals surface area contributed by atoms with E-state index < -0.39 is 5.60 Å². The van der Waals surface area contributed by atoms with Crippen LogP contribution in [0.15, 0.2) is 30.3 Å². The van der Waals surface area contributed by atoms with Crippen LogP contribution in [0.25, 0.3) is 11.3 Å². The topological polar surface area (TPSA) is 46.0 Å². The Balaban J connectivity index is 2.60. The van der Waals surface area contributed by atoms with Gasteiger partial charge in [0, 0.05) is 11.3 Å². The van der Waals surface area contributed by atoms with Crippen molar-refractivity contribution >= 4 is 0 Å². The number of rotatable bonds is 2. The lowest BCUT2D eigenvalue weighted by Crippen LogP contribution is -2.20. The molecule has 0 amide bonds. The van der Waals surface area contributed by atoms with Crippen molar-refractivity contribution in [2.24, 2.45) is 0 Å². The van der Waals surface area contributed by atoms with E-state index >= 15 is 0 Å². The summed E-state index contributed by atoms with van der Waals surface area (Å²) in [4.78, 5) is 8.77. The SMILES string of the molecule is Cc1cc(-c2ccccc2C)nc(C(C)(C)O)n1. The van der Waals surface area contributed by atoms with Crippen molar-refractivity contribution < 1.29 is 5.11 Å². The van der Waals surface area contributed by atoms with E-state index in [9.17, 15) is 5.11 Å². The third-order valence-electron chi connectivity index (χ3n) is 2.82. The molecule has 0 bridgehead atoms. The first kappa shape index (κ1) is 12.7. The second-order valence-electron chi connectivity index (χ2n) is 5.09. The molecule has 0 saturated carbocycles. The molecule has 1 aromatic carbocycles. The smallest absolute Gasteiger partial charge is 0.160 e. The van der Waals surface area contributed by atoms with Crippen LogP contribution in [-0.2, 0) is 5.60 Å². The Hall–Kier alpha value is -1.74. The predicted molar refractivity (Wildman–Crippen MR) is 72.2 cm³/mol. The van der Waals surface area contributed by atoms with Crippen LogP contribution in [0.4, 0.5) is 0 Å². The average Bonchev–Trinajstić information content (AvgIpc) is 2.27. The molecule has 1 aromatic heterocycles. The molecule has 3 nitrogen and oxygen atoms in total. The summed E-state index contributed by atoms with van der Waals surface area (Å²) in [7, 11) is 0. The Labute approximate surface area is 108 Å². The first-order valence-electron chi connectivity index (χ1n) is 6.02. The third-order valence-corrected chi connectivity index (χ3v) is 2.82. The molecule has 2 aromatic rings. The van der Waals surface area contributed by atoms with Gasteiger partial charge < -0.3 is 5.11 Å². The fraction of sp³-hybridized carbons (Fsp3) is 0.333. The summed E-state index contributed by atoms with van der Waals surface area (Å²) in [6.45, 7) is 7.36. The second kappa shape index (κ2) is 4.50. The highest BCUT2D eigenvalue weighted by molar-refractivity contribution is 5.63. The van der Waals surface area contributed by atoms with E-state index in [0.29, 0.717) is 5.82 Å². The minimum absolute atomic E-state index is 0.459. The summed E-state index contributed by atoms with van der Waals surface area (Å²) in [5.41, 5.74) is 2.94. The van der Waals surface area contributed by atoms with Gasteiger partial charge in [0.25, 0.3) is 0 Å². The van der Waals surface area contributed by atoms with E-state index in [2.05, 4.69) is 23.0 Å². The van der Waals surface area contributed by atoms with Gasteiger partial charge in [-0.1, -0.05) is 24.3 Å². The standard InChI is InChI=1S/C15H18N2O/c1-10-7-5-6-8-12(10)13-9-11(2)16-14(17-13)15(3,4)18/h5-9,18H,1-4H3. The van der Waals surface area contributed by atoms with Gasteiger partial charge >= 0.3 is 0 Å². The summed E-state index contributed by atoms with van der Waals surface area (Å²) in [5.74, 6) is 0.459. The zero-order valence-corrected chi connectivity index (χ0v) is 11.2. The molecular weight excluding hydrogens is 224 g/mol. The van der Waals surface area contributed by atoms with Gasteiger partial charge in [0.15, 0.2) is 5.82 Å². The quantitative estimate of drug-likeness (QED) is 0.880. The number of benzene rings is 1. The zero-order chi connectivity index (χ0) is 13.3. The number of aryl methyl sites for hydroxylation is 2. The number of hydrogen-bond acceptors (Lipinski definition) is 3. The third kappa shape index (κ3) is 2.57. The van der Waals surface area contributed by atoms with Gasteiger partial charge in [-0.3, -0.25) is 0 Å². The summed E-state index contributed by atoms with van der Waals surface area (Å²) < 4.78 is 0.